The lowest BCUT2D eigenvalue weighted by molar-refractivity contribution is -0.121. The Balaban J connectivity index is 2.62. The number of hydrogen-bond acceptors (Lipinski definition) is 1. The fourth-order valence-electron chi connectivity index (χ4n) is 1.27. The van der Waals surface area contributed by atoms with Crippen molar-refractivity contribution in [1.82, 2.24) is 0 Å². The molecule has 1 rings (SSSR count). The van der Waals surface area contributed by atoms with Crippen molar-refractivity contribution in [2.24, 2.45) is 5.92 Å². The molecular weight excluding hydrogens is 259 g/mol. The number of benzene rings is 1. The van der Waals surface area contributed by atoms with E-state index in [0.717, 1.165) is 10.0 Å². The summed E-state index contributed by atoms with van der Waals surface area (Å²) < 4.78 is 13.5. The van der Waals surface area contributed by atoms with Gasteiger partial charge in [-0.05, 0) is 24.1 Å². The van der Waals surface area contributed by atoms with Gasteiger partial charge in [0.05, 0.1) is 0 Å². The molecule has 0 radical (unpaired) electrons. The molecule has 3 heteroatoms. The Morgan fingerprint density at radius 2 is 2.13 bits per heavy atom. The van der Waals surface area contributed by atoms with Crippen molar-refractivity contribution in [3.05, 3.63) is 34.1 Å². The van der Waals surface area contributed by atoms with Crippen molar-refractivity contribution in [3.63, 3.8) is 0 Å². The molecule has 0 spiro atoms. The standard InChI is InChI=1S/C12H14BrFO/c1-8(2)12(15)6-4-9-3-5-10(14)7-11(9)13/h3,5,7-8H,4,6H2,1-2H3. The highest BCUT2D eigenvalue weighted by molar-refractivity contribution is 9.10. The first-order chi connectivity index (χ1) is 7.00. The van der Waals surface area contributed by atoms with Crippen LogP contribution in [-0.4, -0.2) is 5.78 Å². The molecule has 0 fully saturated rings. The van der Waals surface area contributed by atoms with Crippen LogP contribution in [0, 0.1) is 11.7 Å². The van der Waals surface area contributed by atoms with E-state index in [1.54, 1.807) is 6.07 Å². The zero-order valence-corrected chi connectivity index (χ0v) is 10.5. The van der Waals surface area contributed by atoms with Crippen LogP contribution in [0.1, 0.15) is 25.8 Å². The summed E-state index contributed by atoms with van der Waals surface area (Å²) in [5.41, 5.74) is 0.977. The summed E-state index contributed by atoms with van der Waals surface area (Å²) in [5, 5.41) is 0. The van der Waals surface area contributed by atoms with Crippen molar-refractivity contribution in [2.75, 3.05) is 0 Å². The number of carbonyl (C=O) groups excluding carboxylic acids is 1. The molecule has 0 aliphatic rings. The maximum absolute atomic E-state index is 12.8. The van der Waals surface area contributed by atoms with Gasteiger partial charge in [0, 0.05) is 16.8 Å². The van der Waals surface area contributed by atoms with Crippen molar-refractivity contribution in [2.45, 2.75) is 26.7 Å². The zero-order chi connectivity index (χ0) is 11.4. The van der Waals surface area contributed by atoms with Gasteiger partial charge in [0.15, 0.2) is 0 Å². The first-order valence-corrected chi connectivity index (χ1v) is 5.76. The van der Waals surface area contributed by atoms with Gasteiger partial charge in [0.25, 0.3) is 0 Å². The molecule has 15 heavy (non-hydrogen) atoms. The van der Waals surface area contributed by atoms with Crippen LogP contribution >= 0.6 is 15.9 Å². The van der Waals surface area contributed by atoms with Gasteiger partial charge in [0.2, 0.25) is 0 Å². The molecule has 0 heterocycles. The first kappa shape index (κ1) is 12.4. The molecule has 0 unspecified atom stereocenters. The second kappa shape index (κ2) is 5.40. The van der Waals surface area contributed by atoms with Gasteiger partial charge >= 0.3 is 0 Å². The summed E-state index contributed by atoms with van der Waals surface area (Å²) in [6.45, 7) is 3.78. The van der Waals surface area contributed by atoms with Crippen LogP contribution in [0.15, 0.2) is 22.7 Å². The largest absolute Gasteiger partial charge is 0.299 e. The molecule has 0 amide bonds. The Morgan fingerprint density at radius 1 is 1.47 bits per heavy atom. The van der Waals surface area contributed by atoms with E-state index in [4.69, 9.17) is 0 Å². The number of ketones is 1. The number of Topliss-reactive ketones (excluding diaryl/α,β-unsaturated/α-hetero) is 1. The molecule has 1 nitrogen and oxygen atoms in total. The number of carbonyl (C=O) groups is 1. The molecule has 0 N–H and O–H groups in total. The molecule has 0 saturated heterocycles. The fourth-order valence-corrected chi connectivity index (χ4v) is 1.82. The van der Waals surface area contributed by atoms with Gasteiger partial charge < -0.3 is 0 Å². The number of aryl methyl sites for hydroxylation is 1. The highest BCUT2D eigenvalue weighted by Gasteiger charge is 2.08. The highest BCUT2D eigenvalue weighted by Crippen LogP contribution is 2.20. The predicted octanol–water partition coefficient (Wildman–Crippen LogP) is 3.75. The highest BCUT2D eigenvalue weighted by atomic mass is 79.9. The predicted molar refractivity (Wildman–Crippen MR) is 62.3 cm³/mol. The van der Waals surface area contributed by atoms with Gasteiger partial charge in [-0.2, -0.15) is 0 Å². The molecule has 1 aromatic carbocycles. The monoisotopic (exact) mass is 272 g/mol. The maximum atomic E-state index is 12.8. The summed E-state index contributed by atoms with van der Waals surface area (Å²) in [4.78, 5) is 11.4. The van der Waals surface area contributed by atoms with Crippen molar-refractivity contribution < 1.29 is 9.18 Å². The zero-order valence-electron chi connectivity index (χ0n) is 8.89. The van der Waals surface area contributed by atoms with E-state index in [9.17, 15) is 9.18 Å². The van der Waals surface area contributed by atoms with Crippen LogP contribution < -0.4 is 0 Å². The lowest BCUT2D eigenvalue weighted by atomic mass is 10.0. The summed E-state index contributed by atoms with van der Waals surface area (Å²) in [6.07, 6.45) is 1.18. The minimum absolute atomic E-state index is 0.0734. The molecule has 0 aliphatic heterocycles. The lowest BCUT2D eigenvalue weighted by Crippen LogP contribution is -2.08. The smallest absolute Gasteiger partial charge is 0.135 e. The van der Waals surface area contributed by atoms with Gasteiger partial charge in [-0.1, -0.05) is 35.8 Å². The minimum atomic E-state index is -0.263. The molecule has 0 aromatic heterocycles. The van der Waals surface area contributed by atoms with Crippen LogP contribution in [0.2, 0.25) is 0 Å². The van der Waals surface area contributed by atoms with E-state index in [0.29, 0.717) is 12.8 Å². The van der Waals surface area contributed by atoms with E-state index in [1.807, 2.05) is 13.8 Å². The van der Waals surface area contributed by atoms with Crippen molar-refractivity contribution >= 4 is 21.7 Å². The molecule has 0 saturated carbocycles. The molecular formula is C12H14BrFO. The third kappa shape index (κ3) is 3.74. The summed E-state index contributed by atoms with van der Waals surface area (Å²) in [7, 11) is 0. The van der Waals surface area contributed by atoms with Gasteiger partial charge in [0.1, 0.15) is 11.6 Å². The number of rotatable bonds is 4. The summed E-state index contributed by atoms with van der Waals surface area (Å²) >= 11 is 3.28. The average Bonchev–Trinajstić information content (AvgIpc) is 2.15. The molecule has 82 valence electrons. The van der Waals surface area contributed by atoms with Crippen LogP contribution in [0.3, 0.4) is 0 Å². The molecule has 1 aromatic rings. The van der Waals surface area contributed by atoms with E-state index >= 15 is 0 Å². The average molecular weight is 273 g/mol. The number of halogens is 2. The lowest BCUT2D eigenvalue weighted by Gasteiger charge is -2.06. The van der Waals surface area contributed by atoms with Crippen LogP contribution in [0.25, 0.3) is 0 Å². The SMILES string of the molecule is CC(C)C(=O)CCc1ccc(F)cc1Br. The Labute approximate surface area is 97.8 Å². The molecule has 0 aliphatic carbocycles. The van der Waals surface area contributed by atoms with Crippen molar-refractivity contribution in [1.29, 1.82) is 0 Å². The maximum Gasteiger partial charge on any atom is 0.135 e. The Bertz CT molecular complexity index is 361. The van der Waals surface area contributed by atoms with E-state index < -0.39 is 0 Å². The van der Waals surface area contributed by atoms with Gasteiger partial charge in [-0.25, -0.2) is 4.39 Å². The van der Waals surface area contributed by atoms with E-state index in [-0.39, 0.29) is 17.5 Å². The second-order valence-corrected chi connectivity index (χ2v) is 4.71. The number of hydrogen-bond donors (Lipinski definition) is 0. The third-order valence-corrected chi connectivity index (χ3v) is 3.04. The normalized spacial score (nSPS) is 10.7. The summed E-state index contributed by atoms with van der Waals surface area (Å²) in [5.74, 6) is 0.0521. The molecule has 0 atom stereocenters. The second-order valence-electron chi connectivity index (χ2n) is 3.86. The quantitative estimate of drug-likeness (QED) is 0.816. The van der Waals surface area contributed by atoms with Gasteiger partial charge in [-0.15, -0.1) is 0 Å². The first-order valence-electron chi connectivity index (χ1n) is 4.97. The Morgan fingerprint density at radius 3 is 2.67 bits per heavy atom. The topological polar surface area (TPSA) is 17.1 Å². The van der Waals surface area contributed by atoms with Gasteiger partial charge in [-0.3, -0.25) is 4.79 Å². The Kier molecular flexibility index (Phi) is 4.45. The third-order valence-electron chi connectivity index (χ3n) is 2.30. The Hall–Kier alpha value is -0.700. The van der Waals surface area contributed by atoms with E-state index in [1.165, 1.54) is 12.1 Å². The molecule has 0 bridgehead atoms. The van der Waals surface area contributed by atoms with Crippen LogP contribution in [0.4, 0.5) is 4.39 Å². The van der Waals surface area contributed by atoms with Crippen molar-refractivity contribution in [3.8, 4) is 0 Å². The van der Waals surface area contributed by atoms with Crippen LogP contribution in [-0.2, 0) is 11.2 Å². The minimum Gasteiger partial charge on any atom is -0.299 e. The summed E-state index contributed by atoms with van der Waals surface area (Å²) in [6, 6.07) is 4.56. The fraction of sp³-hybridized carbons (Fsp3) is 0.417. The van der Waals surface area contributed by atoms with Crippen LogP contribution in [0.5, 0.6) is 0 Å². The van der Waals surface area contributed by atoms with E-state index in [2.05, 4.69) is 15.9 Å².